The number of aryl methyl sites for hydroxylation is 1. The number of nitrogens with zero attached hydrogens (tertiary/aromatic N) is 2. The molecular weight excluding hydrogens is 292 g/mol. The van der Waals surface area contributed by atoms with E-state index < -0.39 is 0 Å². The van der Waals surface area contributed by atoms with Gasteiger partial charge in [0.2, 0.25) is 0 Å². The molecule has 1 aliphatic rings. The fourth-order valence-corrected chi connectivity index (χ4v) is 4.23. The van der Waals surface area contributed by atoms with Crippen molar-refractivity contribution in [1.29, 1.82) is 0 Å². The van der Waals surface area contributed by atoms with Crippen LogP contribution < -0.4 is 0 Å². The lowest BCUT2D eigenvalue weighted by Crippen LogP contribution is -2.26. The molecule has 1 aliphatic carbocycles. The van der Waals surface area contributed by atoms with Crippen LogP contribution >= 0.6 is 0 Å². The quantitative estimate of drug-likeness (QED) is 0.635. The molecule has 0 aliphatic heterocycles. The van der Waals surface area contributed by atoms with E-state index in [9.17, 15) is 0 Å². The predicted molar refractivity (Wildman–Crippen MR) is 105 cm³/mol. The number of likely N-dealkylation sites (N-methyl/N-ethyl adjacent to an activating group) is 1. The highest BCUT2D eigenvalue weighted by molar-refractivity contribution is 6.11. The fourth-order valence-electron chi connectivity index (χ4n) is 4.23. The Balaban J connectivity index is 1.91. The van der Waals surface area contributed by atoms with Gasteiger partial charge in [-0.2, -0.15) is 0 Å². The number of benzene rings is 2. The zero-order chi connectivity index (χ0) is 16.7. The molecule has 0 spiro atoms. The van der Waals surface area contributed by atoms with Crippen LogP contribution in [0.1, 0.15) is 31.4 Å². The largest absolute Gasteiger partial charge is 0.339 e. The van der Waals surface area contributed by atoms with Crippen molar-refractivity contribution < 1.29 is 0 Å². The summed E-state index contributed by atoms with van der Waals surface area (Å²) in [5, 5.41) is 2.86. The maximum atomic E-state index is 4.26. The maximum absolute atomic E-state index is 4.26. The van der Waals surface area contributed by atoms with Crippen molar-refractivity contribution in [2.45, 2.75) is 33.2 Å². The van der Waals surface area contributed by atoms with Crippen molar-refractivity contribution >= 4 is 27.4 Å². The Kier molecular flexibility index (Phi) is 3.93. The Labute approximate surface area is 144 Å². The van der Waals surface area contributed by atoms with E-state index in [1.165, 1.54) is 38.5 Å². The predicted octanol–water partition coefficient (Wildman–Crippen LogP) is 5.10. The second-order valence-corrected chi connectivity index (χ2v) is 6.79. The molecule has 1 heterocycles. The standard InChI is InChI=1S/C22H26N2/c1-4-23(5-2)14-15-24-20-9-7-6-8-19(20)22-18-11-10-16(3)17(18)12-13-21(22)24/h6-9,12-13H,3-5,10-11,14-15H2,1-2H3. The zero-order valence-electron chi connectivity index (χ0n) is 14.8. The Morgan fingerprint density at radius 1 is 1.00 bits per heavy atom. The number of rotatable bonds is 5. The zero-order valence-corrected chi connectivity index (χ0v) is 14.8. The summed E-state index contributed by atoms with van der Waals surface area (Å²) in [6.07, 6.45) is 2.24. The summed E-state index contributed by atoms with van der Waals surface area (Å²) in [7, 11) is 0. The second-order valence-electron chi connectivity index (χ2n) is 6.79. The first kappa shape index (κ1) is 15.5. The van der Waals surface area contributed by atoms with Gasteiger partial charge in [-0.25, -0.2) is 0 Å². The number of para-hydroxylation sites is 1. The van der Waals surface area contributed by atoms with E-state index in [4.69, 9.17) is 0 Å². The maximum Gasteiger partial charge on any atom is 0.0495 e. The minimum absolute atomic E-state index is 1.05. The lowest BCUT2D eigenvalue weighted by molar-refractivity contribution is 0.293. The van der Waals surface area contributed by atoms with E-state index in [0.29, 0.717) is 0 Å². The van der Waals surface area contributed by atoms with Gasteiger partial charge in [0, 0.05) is 34.9 Å². The van der Waals surface area contributed by atoms with Gasteiger partial charge >= 0.3 is 0 Å². The highest BCUT2D eigenvalue weighted by atomic mass is 15.1. The first-order valence-corrected chi connectivity index (χ1v) is 9.18. The summed E-state index contributed by atoms with van der Waals surface area (Å²) >= 11 is 0. The minimum atomic E-state index is 1.05. The van der Waals surface area contributed by atoms with Crippen molar-refractivity contribution in [3.8, 4) is 0 Å². The molecule has 0 N–H and O–H groups in total. The summed E-state index contributed by atoms with van der Waals surface area (Å²) < 4.78 is 2.52. The highest BCUT2D eigenvalue weighted by Gasteiger charge is 2.21. The molecular formula is C22H26N2. The van der Waals surface area contributed by atoms with Crippen LogP contribution in [0, 0.1) is 0 Å². The molecule has 2 nitrogen and oxygen atoms in total. The molecule has 0 radical (unpaired) electrons. The monoisotopic (exact) mass is 318 g/mol. The van der Waals surface area contributed by atoms with Crippen LogP contribution in [-0.4, -0.2) is 29.1 Å². The van der Waals surface area contributed by atoms with Crippen molar-refractivity contribution in [1.82, 2.24) is 9.47 Å². The molecule has 0 atom stereocenters. The summed E-state index contributed by atoms with van der Waals surface area (Å²) in [4.78, 5) is 2.50. The Morgan fingerprint density at radius 2 is 1.79 bits per heavy atom. The van der Waals surface area contributed by atoms with Crippen molar-refractivity contribution in [3.05, 3.63) is 54.1 Å². The number of fused-ring (bicyclic) bond motifs is 5. The van der Waals surface area contributed by atoms with E-state index in [2.05, 4.69) is 66.3 Å². The van der Waals surface area contributed by atoms with Gasteiger partial charge in [0.25, 0.3) is 0 Å². The summed E-state index contributed by atoms with van der Waals surface area (Å²) in [5.74, 6) is 0. The first-order valence-electron chi connectivity index (χ1n) is 9.18. The minimum Gasteiger partial charge on any atom is -0.339 e. The Bertz CT molecular complexity index is 913. The molecule has 0 saturated heterocycles. The van der Waals surface area contributed by atoms with Gasteiger partial charge in [0.15, 0.2) is 0 Å². The smallest absolute Gasteiger partial charge is 0.0495 e. The number of hydrogen-bond donors (Lipinski definition) is 0. The van der Waals surface area contributed by atoms with Gasteiger partial charge in [-0.15, -0.1) is 0 Å². The molecule has 3 aromatic rings. The lowest BCUT2D eigenvalue weighted by atomic mass is 10.0. The van der Waals surface area contributed by atoms with E-state index in [0.717, 1.165) is 39.0 Å². The molecule has 124 valence electrons. The third kappa shape index (κ3) is 2.29. The molecule has 0 unspecified atom stereocenters. The van der Waals surface area contributed by atoms with E-state index in [1.807, 2.05) is 0 Å². The molecule has 0 amide bonds. The topological polar surface area (TPSA) is 8.17 Å². The molecule has 2 heteroatoms. The molecule has 24 heavy (non-hydrogen) atoms. The normalized spacial score (nSPS) is 14.2. The van der Waals surface area contributed by atoms with Crippen LogP contribution in [0.25, 0.3) is 27.4 Å². The fraction of sp³-hybridized carbons (Fsp3) is 0.364. The van der Waals surface area contributed by atoms with Gasteiger partial charge in [-0.1, -0.05) is 44.7 Å². The van der Waals surface area contributed by atoms with Crippen molar-refractivity contribution in [3.63, 3.8) is 0 Å². The van der Waals surface area contributed by atoms with Crippen LogP contribution in [0.3, 0.4) is 0 Å². The van der Waals surface area contributed by atoms with Crippen LogP contribution in [-0.2, 0) is 13.0 Å². The first-order chi connectivity index (χ1) is 11.7. The second kappa shape index (κ2) is 6.10. The third-order valence-corrected chi connectivity index (χ3v) is 5.64. The average molecular weight is 318 g/mol. The third-order valence-electron chi connectivity index (χ3n) is 5.64. The van der Waals surface area contributed by atoms with Crippen molar-refractivity contribution in [2.24, 2.45) is 0 Å². The average Bonchev–Trinajstić information content (AvgIpc) is 3.14. The Hall–Kier alpha value is -2.06. The summed E-state index contributed by atoms with van der Waals surface area (Å²) in [5.41, 5.74) is 6.94. The van der Waals surface area contributed by atoms with Crippen molar-refractivity contribution in [2.75, 3.05) is 19.6 Å². The SMILES string of the molecule is C=C1CCc2c1ccc1c2c2ccccc2n1CCN(CC)CC. The van der Waals surface area contributed by atoms with Crippen LogP contribution in [0.15, 0.2) is 43.0 Å². The molecule has 0 saturated carbocycles. The van der Waals surface area contributed by atoms with Gasteiger partial charge in [-0.3, -0.25) is 0 Å². The van der Waals surface area contributed by atoms with Crippen LogP contribution in [0.4, 0.5) is 0 Å². The van der Waals surface area contributed by atoms with E-state index >= 15 is 0 Å². The lowest BCUT2D eigenvalue weighted by Gasteiger charge is -2.19. The Morgan fingerprint density at radius 3 is 2.58 bits per heavy atom. The van der Waals surface area contributed by atoms with Gasteiger partial charge in [0.1, 0.15) is 0 Å². The summed E-state index contributed by atoms with van der Waals surface area (Å²) in [6.45, 7) is 13.1. The van der Waals surface area contributed by atoms with Gasteiger partial charge in [0.05, 0.1) is 0 Å². The molecule has 0 bridgehead atoms. The highest BCUT2D eigenvalue weighted by Crippen LogP contribution is 2.40. The molecule has 4 rings (SSSR count). The van der Waals surface area contributed by atoms with Crippen LogP contribution in [0.5, 0.6) is 0 Å². The van der Waals surface area contributed by atoms with E-state index in [1.54, 1.807) is 0 Å². The molecule has 1 aromatic heterocycles. The molecule has 2 aromatic carbocycles. The number of aromatic nitrogens is 1. The molecule has 0 fully saturated rings. The summed E-state index contributed by atoms with van der Waals surface area (Å²) in [6, 6.07) is 13.5. The number of hydrogen-bond acceptors (Lipinski definition) is 1. The van der Waals surface area contributed by atoms with Gasteiger partial charge < -0.3 is 9.47 Å². The number of allylic oxidation sites excluding steroid dienone is 1. The van der Waals surface area contributed by atoms with Crippen LogP contribution in [0.2, 0.25) is 0 Å². The van der Waals surface area contributed by atoms with E-state index in [-0.39, 0.29) is 0 Å². The van der Waals surface area contributed by atoms with Gasteiger partial charge in [-0.05, 0) is 54.8 Å².